The first kappa shape index (κ1) is 17.8. The Labute approximate surface area is 154 Å². The van der Waals surface area contributed by atoms with E-state index >= 15 is 0 Å². The number of rotatable bonds is 7. The van der Waals surface area contributed by atoms with Gasteiger partial charge in [0.15, 0.2) is 5.69 Å². The second-order valence-electron chi connectivity index (χ2n) is 5.53. The van der Waals surface area contributed by atoms with Crippen molar-refractivity contribution >= 4 is 29.3 Å². The molecule has 1 amide bonds. The SMILES string of the molecule is O=C(CSc1ccccc1)Nc1cn(Cc2ccccc2)nc1C(=O)O. The van der Waals surface area contributed by atoms with Crippen LogP contribution in [0.4, 0.5) is 5.69 Å². The maximum atomic E-state index is 12.2. The highest BCUT2D eigenvalue weighted by molar-refractivity contribution is 8.00. The van der Waals surface area contributed by atoms with E-state index in [4.69, 9.17) is 0 Å². The van der Waals surface area contributed by atoms with E-state index in [2.05, 4.69) is 10.4 Å². The molecular formula is C19H17N3O3S. The van der Waals surface area contributed by atoms with Crippen molar-refractivity contribution in [1.29, 1.82) is 0 Å². The second kappa shape index (κ2) is 8.35. The molecule has 2 N–H and O–H groups in total. The molecule has 0 aliphatic heterocycles. The van der Waals surface area contributed by atoms with Crippen molar-refractivity contribution in [3.8, 4) is 0 Å². The fourth-order valence-corrected chi connectivity index (χ4v) is 3.09. The van der Waals surface area contributed by atoms with E-state index < -0.39 is 5.97 Å². The summed E-state index contributed by atoms with van der Waals surface area (Å²) >= 11 is 1.38. The third-order valence-electron chi connectivity index (χ3n) is 3.54. The molecule has 3 aromatic rings. The number of carbonyl (C=O) groups is 2. The summed E-state index contributed by atoms with van der Waals surface area (Å²) < 4.78 is 1.51. The number of aromatic carboxylic acids is 1. The van der Waals surface area contributed by atoms with Gasteiger partial charge in [0.2, 0.25) is 5.91 Å². The van der Waals surface area contributed by atoms with Gasteiger partial charge in [0, 0.05) is 11.1 Å². The predicted octanol–water partition coefficient (Wildman–Crippen LogP) is 3.36. The molecule has 1 heterocycles. The van der Waals surface area contributed by atoms with Gasteiger partial charge in [-0.3, -0.25) is 9.48 Å². The predicted molar refractivity (Wildman–Crippen MR) is 101 cm³/mol. The summed E-state index contributed by atoms with van der Waals surface area (Å²) in [5.41, 5.74) is 1.02. The van der Waals surface area contributed by atoms with Crippen molar-refractivity contribution in [2.45, 2.75) is 11.4 Å². The van der Waals surface area contributed by atoms with E-state index in [1.54, 1.807) is 6.20 Å². The molecule has 7 heteroatoms. The first-order valence-electron chi connectivity index (χ1n) is 7.94. The summed E-state index contributed by atoms with van der Waals surface area (Å²) in [6.07, 6.45) is 1.54. The molecule has 0 unspecified atom stereocenters. The van der Waals surface area contributed by atoms with Gasteiger partial charge in [-0.1, -0.05) is 48.5 Å². The summed E-state index contributed by atoms with van der Waals surface area (Å²) in [5.74, 6) is -1.27. The summed E-state index contributed by atoms with van der Waals surface area (Å²) in [5, 5.41) is 16.0. The van der Waals surface area contributed by atoms with E-state index in [0.29, 0.717) is 6.54 Å². The van der Waals surface area contributed by atoms with Gasteiger partial charge in [0.25, 0.3) is 0 Å². The average Bonchev–Trinajstić information content (AvgIpc) is 3.04. The molecule has 0 aliphatic carbocycles. The first-order valence-corrected chi connectivity index (χ1v) is 8.93. The molecule has 1 aromatic heterocycles. The standard InChI is InChI=1S/C19H17N3O3S/c23-17(13-26-15-9-5-2-6-10-15)20-16-12-22(21-18(16)19(24)25)11-14-7-3-1-4-8-14/h1-10,12H,11,13H2,(H,20,23)(H,24,25). The minimum Gasteiger partial charge on any atom is -0.476 e. The molecule has 2 aromatic carbocycles. The second-order valence-corrected chi connectivity index (χ2v) is 6.58. The van der Waals surface area contributed by atoms with Crippen LogP contribution in [0.5, 0.6) is 0 Å². The number of nitrogens with zero attached hydrogens (tertiary/aromatic N) is 2. The van der Waals surface area contributed by atoms with Gasteiger partial charge in [0.05, 0.1) is 18.0 Å². The van der Waals surface area contributed by atoms with E-state index in [1.165, 1.54) is 16.4 Å². The Morgan fingerprint density at radius 1 is 1.04 bits per heavy atom. The number of carbonyl (C=O) groups excluding carboxylic acids is 1. The van der Waals surface area contributed by atoms with E-state index in [0.717, 1.165) is 10.5 Å². The topological polar surface area (TPSA) is 84.2 Å². The van der Waals surface area contributed by atoms with Crippen LogP contribution >= 0.6 is 11.8 Å². The molecule has 26 heavy (non-hydrogen) atoms. The zero-order valence-corrected chi connectivity index (χ0v) is 14.6. The number of carboxylic acids is 1. The van der Waals surface area contributed by atoms with Crippen molar-refractivity contribution in [3.63, 3.8) is 0 Å². The van der Waals surface area contributed by atoms with E-state index in [-0.39, 0.29) is 23.0 Å². The minimum absolute atomic E-state index is 0.168. The van der Waals surface area contributed by atoms with Crippen LogP contribution in [0.1, 0.15) is 16.1 Å². The van der Waals surface area contributed by atoms with Crippen LogP contribution in [-0.4, -0.2) is 32.5 Å². The summed E-state index contributed by atoms with van der Waals surface area (Å²) in [6, 6.07) is 19.1. The number of amides is 1. The lowest BCUT2D eigenvalue weighted by molar-refractivity contribution is -0.113. The van der Waals surface area contributed by atoms with Crippen LogP contribution in [0, 0.1) is 0 Å². The molecule has 0 radical (unpaired) electrons. The first-order chi connectivity index (χ1) is 12.6. The highest BCUT2D eigenvalue weighted by Gasteiger charge is 2.18. The summed E-state index contributed by atoms with van der Waals surface area (Å²) in [7, 11) is 0. The molecule has 0 saturated carbocycles. The molecule has 6 nitrogen and oxygen atoms in total. The third-order valence-corrected chi connectivity index (χ3v) is 4.55. The molecule has 0 aliphatic rings. The van der Waals surface area contributed by atoms with Gasteiger partial charge in [-0.25, -0.2) is 4.79 Å². The highest BCUT2D eigenvalue weighted by Crippen LogP contribution is 2.19. The third kappa shape index (κ3) is 4.73. The lowest BCUT2D eigenvalue weighted by atomic mass is 10.2. The molecule has 0 saturated heterocycles. The lowest BCUT2D eigenvalue weighted by Crippen LogP contribution is -2.15. The number of nitrogens with one attached hydrogen (secondary N) is 1. The number of benzene rings is 2. The van der Waals surface area contributed by atoms with Gasteiger partial charge in [0.1, 0.15) is 0 Å². The van der Waals surface area contributed by atoms with Crippen molar-refractivity contribution in [3.05, 3.63) is 78.1 Å². The van der Waals surface area contributed by atoms with Crippen LogP contribution < -0.4 is 5.32 Å². The van der Waals surface area contributed by atoms with Gasteiger partial charge >= 0.3 is 5.97 Å². The number of hydrogen-bond acceptors (Lipinski definition) is 4. The molecule has 0 fully saturated rings. The smallest absolute Gasteiger partial charge is 0.358 e. The maximum absolute atomic E-state index is 12.2. The lowest BCUT2D eigenvalue weighted by Gasteiger charge is -2.04. The Hall–Kier alpha value is -3.06. The van der Waals surface area contributed by atoms with Crippen LogP contribution in [-0.2, 0) is 11.3 Å². The number of anilines is 1. The quantitative estimate of drug-likeness (QED) is 0.626. The summed E-state index contributed by atoms with van der Waals surface area (Å²) in [4.78, 5) is 24.6. The highest BCUT2D eigenvalue weighted by atomic mass is 32.2. The summed E-state index contributed by atoms with van der Waals surface area (Å²) in [6.45, 7) is 0.426. The van der Waals surface area contributed by atoms with Crippen molar-refractivity contribution in [1.82, 2.24) is 9.78 Å². The normalized spacial score (nSPS) is 10.5. The Balaban J connectivity index is 1.68. The maximum Gasteiger partial charge on any atom is 0.358 e. The number of carboxylic acid groups (broad SMARTS) is 1. The molecule has 132 valence electrons. The number of aromatic nitrogens is 2. The molecular weight excluding hydrogens is 350 g/mol. The Kier molecular flexibility index (Phi) is 5.70. The van der Waals surface area contributed by atoms with Crippen molar-refractivity contribution < 1.29 is 14.7 Å². The fraction of sp³-hybridized carbons (Fsp3) is 0.105. The van der Waals surface area contributed by atoms with E-state index in [9.17, 15) is 14.7 Å². The molecule has 0 atom stereocenters. The van der Waals surface area contributed by atoms with Gasteiger partial charge < -0.3 is 10.4 Å². The van der Waals surface area contributed by atoms with Gasteiger partial charge in [-0.15, -0.1) is 11.8 Å². The Bertz CT molecular complexity index is 895. The fourth-order valence-electron chi connectivity index (χ4n) is 2.37. The van der Waals surface area contributed by atoms with Gasteiger partial charge in [-0.05, 0) is 17.7 Å². The Morgan fingerprint density at radius 2 is 1.69 bits per heavy atom. The van der Waals surface area contributed by atoms with Gasteiger partial charge in [-0.2, -0.15) is 5.10 Å². The van der Waals surface area contributed by atoms with E-state index in [1.807, 2.05) is 60.7 Å². The van der Waals surface area contributed by atoms with Crippen LogP contribution in [0.15, 0.2) is 71.8 Å². The number of thioether (sulfide) groups is 1. The van der Waals surface area contributed by atoms with Crippen LogP contribution in [0.2, 0.25) is 0 Å². The molecule has 0 spiro atoms. The van der Waals surface area contributed by atoms with Crippen molar-refractivity contribution in [2.75, 3.05) is 11.1 Å². The monoisotopic (exact) mass is 367 g/mol. The minimum atomic E-state index is -1.18. The number of hydrogen-bond donors (Lipinski definition) is 2. The zero-order chi connectivity index (χ0) is 18.4. The van der Waals surface area contributed by atoms with Crippen LogP contribution in [0.25, 0.3) is 0 Å². The average molecular weight is 367 g/mol. The van der Waals surface area contributed by atoms with Crippen LogP contribution in [0.3, 0.4) is 0 Å². The Morgan fingerprint density at radius 3 is 2.35 bits per heavy atom. The van der Waals surface area contributed by atoms with Crippen molar-refractivity contribution in [2.24, 2.45) is 0 Å². The largest absolute Gasteiger partial charge is 0.476 e. The molecule has 0 bridgehead atoms. The zero-order valence-electron chi connectivity index (χ0n) is 13.8. The molecule has 3 rings (SSSR count).